The molecule has 1 amide bonds. The second kappa shape index (κ2) is 8.95. The molecule has 18 heavy (non-hydrogen) atoms. The van der Waals surface area contributed by atoms with Crippen molar-refractivity contribution in [3.05, 3.63) is 0 Å². The Kier molecular flexibility index (Phi) is 8.42. The molecule has 0 atom stereocenters. The topological polar surface area (TPSA) is 46.6 Å². The van der Waals surface area contributed by atoms with E-state index in [2.05, 4.69) is 13.8 Å². The number of nitrogens with zero attached hydrogens (tertiary/aromatic N) is 1. The second-order valence-corrected chi connectivity index (χ2v) is 5.39. The maximum absolute atomic E-state index is 12.0. The fraction of sp³-hybridized carbons (Fsp3) is 0.857. The molecule has 0 aromatic rings. The molecular weight excluding hydrogens is 230 g/mol. The number of carbonyl (C=O) groups is 2. The summed E-state index contributed by atoms with van der Waals surface area (Å²) in [7, 11) is 0. The Morgan fingerprint density at radius 2 is 1.72 bits per heavy atom. The highest BCUT2D eigenvalue weighted by molar-refractivity contribution is 5.77. The molecule has 0 fully saturated rings. The summed E-state index contributed by atoms with van der Waals surface area (Å²) in [6, 6.07) is 0. The van der Waals surface area contributed by atoms with Crippen LogP contribution in [-0.4, -0.2) is 36.5 Å². The van der Waals surface area contributed by atoms with Gasteiger partial charge in [0, 0.05) is 19.5 Å². The summed E-state index contributed by atoms with van der Waals surface area (Å²) in [6.45, 7) is 11.5. The van der Waals surface area contributed by atoms with Crippen LogP contribution in [0.5, 0.6) is 0 Å². The maximum atomic E-state index is 12.0. The Balaban J connectivity index is 4.30. The van der Waals surface area contributed by atoms with E-state index in [9.17, 15) is 9.59 Å². The van der Waals surface area contributed by atoms with E-state index in [1.165, 1.54) is 0 Å². The molecule has 0 heterocycles. The van der Waals surface area contributed by atoms with Crippen LogP contribution in [0.4, 0.5) is 0 Å². The zero-order chi connectivity index (χ0) is 14.1. The van der Waals surface area contributed by atoms with Crippen LogP contribution in [0.1, 0.15) is 47.5 Å². The van der Waals surface area contributed by atoms with Gasteiger partial charge in [-0.25, -0.2) is 0 Å². The Hall–Kier alpha value is -1.06. The number of rotatable bonds is 8. The summed E-state index contributed by atoms with van der Waals surface area (Å²) in [5.74, 6) is 0.643. The normalized spacial score (nSPS) is 10.8. The van der Waals surface area contributed by atoms with Crippen molar-refractivity contribution in [2.75, 3.05) is 19.7 Å². The predicted molar refractivity (Wildman–Crippen MR) is 72.1 cm³/mol. The Morgan fingerprint density at radius 1 is 1.11 bits per heavy atom. The first-order valence-corrected chi connectivity index (χ1v) is 6.80. The van der Waals surface area contributed by atoms with Crippen molar-refractivity contribution in [1.82, 2.24) is 4.90 Å². The molecule has 0 aliphatic heterocycles. The molecule has 4 heteroatoms. The molecule has 0 rings (SSSR count). The SMILES string of the molecule is CCOC(=O)CCN(CC(C)C)C(=O)CC(C)C. The highest BCUT2D eigenvalue weighted by atomic mass is 16.5. The molecule has 106 valence electrons. The van der Waals surface area contributed by atoms with Gasteiger partial charge in [0.05, 0.1) is 13.0 Å². The third-order valence-corrected chi connectivity index (χ3v) is 2.41. The lowest BCUT2D eigenvalue weighted by Gasteiger charge is -2.25. The third-order valence-electron chi connectivity index (χ3n) is 2.41. The number of hydrogen-bond donors (Lipinski definition) is 0. The molecule has 0 spiro atoms. The van der Waals surface area contributed by atoms with E-state index in [0.29, 0.717) is 38.0 Å². The molecule has 0 N–H and O–H groups in total. The number of esters is 1. The van der Waals surface area contributed by atoms with Gasteiger partial charge in [-0.2, -0.15) is 0 Å². The van der Waals surface area contributed by atoms with Crippen LogP contribution in [0.2, 0.25) is 0 Å². The molecule has 0 aliphatic carbocycles. The Bertz CT molecular complexity index is 262. The standard InChI is InChI=1S/C14H27NO3/c1-6-18-14(17)7-8-15(10-12(4)5)13(16)9-11(2)3/h11-12H,6-10H2,1-5H3. The fourth-order valence-corrected chi connectivity index (χ4v) is 1.70. The minimum Gasteiger partial charge on any atom is -0.466 e. The van der Waals surface area contributed by atoms with Crippen LogP contribution >= 0.6 is 0 Å². The van der Waals surface area contributed by atoms with Gasteiger partial charge in [-0.1, -0.05) is 27.7 Å². The molecule has 0 aromatic heterocycles. The maximum Gasteiger partial charge on any atom is 0.307 e. The zero-order valence-corrected chi connectivity index (χ0v) is 12.4. The minimum atomic E-state index is -0.233. The second-order valence-electron chi connectivity index (χ2n) is 5.39. The number of carbonyl (C=O) groups excluding carboxylic acids is 2. The van der Waals surface area contributed by atoms with Gasteiger partial charge in [0.2, 0.25) is 5.91 Å². The van der Waals surface area contributed by atoms with Crippen LogP contribution in [0.25, 0.3) is 0 Å². The summed E-state index contributed by atoms with van der Waals surface area (Å²) >= 11 is 0. The van der Waals surface area contributed by atoms with Crippen molar-refractivity contribution in [2.45, 2.75) is 47.5 Å². The Morgan fingerprint density at radius 3 is 2.17 bits per heavy atom. The molecule has 0 unspecified atom stereocenters. The average molecular weight is 257 g/mol. The highest BCUT2D eigenvalue weighted by Gasteiger charge is 2.17. The van der Waals surface area contributed by atoms with E-state index in [1.807, 2.05) is 13.8 Å². The number of ether oxygens (including phenoxy) is 1. The summed E-state index contributed by atoms with van der Waals surface area (Å²) < 4.78 is 4.88. The van der Waals surface area contributed by atoms with Gasteiger partial charge >= 0.3 is 5.97 Å². The van der Waals surface area contributed by atoms with Crippen LogP contribution < -0.4 is 0 Å². The van der Waals surface area contributed by atoms with Crippen molar-refractivity contribution < 1.29 is 14.3 Å². The van der Waals surface area contributed by atoms with Crippen LogP contribution in [0.15, 0.2) is 0 Å². The van der Waals surface area contributed by atoms with Gasteiger partial charge in [0.15, 0.2) is 0 Å². The van der Waals surface area contributed by atoms with Crippen molar-refractivity contribution in [3.63, 3.8) is 0 Å². The van der Waals surface area contributed by atoms with Crippen molar-refractivity contribution in [3.8, 4) is 0 Å². The van der Waals surface area contributed by atoms with E-state index in [4.69, 9.17) is 4.74 Å². The van der Waals surface area contributed by atoms with Gasteiger partial charge < -0.3 is 9.64 Å². The summed E-state index contributed by atoms with van der Waals surface area (Å²) in [4.78, 5) is 25.1. The molecule has 4 nitrogen and oxygen atoms in total. The van der Waals surface area contributed by atoms with Crippen molar-refractivity contribution in [1.29, 1.82) is 0 Å². The lowest BCUT2D eigenvalue weighted by Crippen LogP contribution is -2.36. The van der Waals surface area contributed by atoms with E-state index in [0.717, 1.165) is 0 Å². The van der Waals surface area contributed by atoms with Crippen molar-refractivity contribution >= 4 is 11.9 Å². The molecular formula is C14H27NO3. The van der Waals surface area contributed by atoms with Gasteiger partial charge in [0.25, 0.3) is 0 Å². The van der Waals surface area contributed by atoms with Crippen LogP contribution in [0.3, 0.4) is 0 Å². The van der Waals surface area contributed by atoms with Crippen LogP contribution in [-0.2, 0) is 14.3 Å². The van der Waals surface area contributed by atoms with E-state index < -0.39 is 0 Å². The average Bonchev–Trinajstić information content (AvgIpc) is 2.23. The van der Waals surface area contributed by atoms with E-state index in [1.54, 1.807) is 11.8 Å². The molecule has 0 radical (unpaired) electrons. The molecule has 0 aromatic carbocycles. The predicted octanol–water partition coefficient (Wildman–Crippen LogP) is 2.47. The van der Waals surface area contributed by atoms with Crippen molar-refractivity contribution in [2.24, 2.45) is 11.8 Å². The largest absolute Gasteiger partial charge is 0.466 e. The highest BCUT2D eigenvalue weighted by Crippen LogP contribution is 2.08. The van der Waals surface area contributed by atoms with Crippen LogP contribution in [0, 0.1) is 11.8 Å². The van der Waals surface area contributed by atoms with Gasteiger partial charge in [0.1, 0.15) is 0 Å². The van der Waals surface area contributed by atoms with E-state index in [-0.39, 0.29) is 18.3 Å². The van der Waals surface area contributed by atoms with Gasteiger partial charge in [-0.05, 0) is 18.8 Å². The number of hydrogen-bond acceptors (Lipinski definition) is 3. The number of amides is 1. The summed E-state index contributed by atoms with van der Waals surface area (Å²) in [5, 5.41) is 0. The first-order valence-electron chi connectivity index (χ1n) is 6.80. The molecule has 0 saturated carbocycles. The lowest BCUT2D eigenvalue weighted by molar-refractivity contribution is -0.144. The van der Waals surface area contributed by atoms with E-state index >= 15 is 0 Å². The van der Waals surface area contributed by atoms with Gasteiger partial charge in [-0.15, -0.1) is 0 Å². The first-order chi connectivity index (χ1) is 8.36. The quantitative estimate of drug-likeness (QED) is 0.628. The smallest absolute Gasteiger partial charge is 0.307 e. The van der Waals surface area contributed by atoms with Gasteiger partial charge in [-0.3, -0.25) is 9.59 Å². The fourth-order valence-electron chi connectivity index (χ4n) is 1.70. The summed E-state index contributed by atoms with van der Waals surface area (Å²) in [5.41, 5.74) is 0. The Labute approximate surface area is 111 Å². The molecule has 0 aliphatic rings. The zero-order valence-electron chi connectivity index (χ0n) is 12.4. The minimum absolute atomic E-state index is 0.128. The first kappa shape index (κ1) is 16.9. The molecule has 0 bridgehead atoms. The lowest BCUT2D eigenvalue weighted by atomic mass is 10.1. The third kappa shape index (κ3) is 8.09. The molecule has 0 saturated heterocycles. The monoisotopic (exact) mass is 257 g/mol. The summed E-state index contributed by atoms with van der Waals surface area (Å²) in [6.07, 6.45) is 0.819.